The third-order valence-electron chi connectivity index (χ3n) is 5.27. The maximum absolute atomic E-state index is 13.2. The van der Waals surface area contributed by atoms with Crippen molar-refractivity contribution in [2.75, 3.05) is 5.75 Å². The molecule has 0 aliphatic rings. The fraction of sp³-hybridized carbons (Fsp3) is 0.440. The van der Waals surface area contributed by atoms with Gasteiger partial charge < -0.3 is 10.2 Å². The van der Waals surface area contributed by atoms with Crippen molar-refractivity contribution in [3.8, 4) is 0 Å². The Morgan fingerprint density at radius 2 is 1.56 bits per heavy atom. The van der Waals surface area contributed by atoms with Crippen LogP contribution < -0.4 is 5.32 Å². The van der Waals surface area contributed by atoms with Crippen LogP contribution in [0.3, 0.4) is 0 Å². The quantitative estimate of drug-likeness (QED) is 0.267. The Kier molecular flexibility index (Phi) is 11.4. The molecule has 2 rings (SSSR count). The van der Waals surface area contributed by atoms with Gasteiger partial charge in [0.2, 0.25) is 11.8 Å². The lowest BCUT2D eigenvalue weighted by Gasteiger charge is -2.31. The fourth-order valence-electron chi connectivity index (χ4n) is 3.23. The monoisotopic (exact) mass is 494 g/mol. The Morgan fingerprint density at radius 3 is 2.12 bits per heavy atom. The van der Waals surface area contributed by atoms with Crippen molar-refractivity contribution in [3.63, 3.8) is 0 Å². The SMILES string of the molecule is CC[C@@H](C)NC(=O)[C@@H](CC)N(Cc1ccc(Cl)cc1)C(=O)CCCSc1ccc(Cl)cc1. The van der Waals surface area contributed by atoms with E-state index in [4.69, 9.17) is 23.2 Å². The molecule has 0 saturated heterocycles. The zero-order valence-corrected chi connectivity index (χ0v) is 21.3. The molecule has 2 atom stereocenters. The van der Waals surface area contributed by atoms with Gasteiger partial charge in [-0.2, -0.15) is 0 Å². The lowest BCUT2D eigenvalue weighted by Crippen LogP contribution is -2.50. The Labute approximate surface area is 206 Å². The highest BCUT2D eigenvalue weighted by molar-refractivity contribution is 7.99. The predicted molar refractivity (Wildman–Crippen MR) is 135 cm³/mol. The van der Waals surface area contributed by atoms with E-state index in [1.807, 2.05) is 69.3 Å². The summed E-state index contributed by atoms with van der Waals surface area (Å²) in [6.07, 6.45) is 2.52. The summed E-state index contributed by atoms with van der Waals surface area (Å²) in [7, 11) is 0. The second-order valence-corrected chi connectivity index (χ2v) is 9.84. The molecule has 174 valence electrons. The van der Waals surface area contributed by atoms with Crippen LogP contribution in [0.1, 0.15) is 52.0 Å². The van der Waals surface area contributed by atoms with Crippen LogP contribution in [-0.4, -0.2) is 34.6 Å². The van der Waals surface area contributed by atoms with Crippen molar-refractivity contribution in [2.45, 2.75) is 70.0 Å². The standard InChI is InChI=1S/C25H32Cl2N2O2S/c1-4-18(3)28-25(31)23(5-2)29(17-19-8-10-20(26)11-9-19)24(30)7-6-16-32-22-14-12-21(27)13-15-22/h8-15,18,23H,4-7,16-17H2,1-3H3,(H,28,31)/t18-,23-/m1/s1. The third kappa shape index (κ3) is 8.68. The van der Waals surface area contributed by atoms with Crippen LogP contribution in [0.25, 0.3) is 0 Å². The summed E-state index contributed by atoms with van der Waals surface area (Å²) in [4.78, 5) is 29.0. The number of rotatable bonds is 12. The van der Waals surface area contributed by atoms with E-state index in [1.54, 1.807) is 16.7 Å². The molecule has 2 aromatic carbocycles. The number of hydrogen-bond acceptors (Lipinski definition) is 3. The second-order valence-electron chi connectivity index (χ2n) is 7.80. The number of thioether (sulfide) groups is 1. The van der Waals surface area contributed by atoms with E-state index in [0.29, 0.717) is 29.4 Å². The molecular formula is C25H32Cl2N2O2S. The Morgan fingerprint density at radius 1 is 0.969 bits per heavy atom. The number of carbonyl (C=O) groups is 2. The van der Waals surface area contributed by atoms with Gasteiger partial charge in [-0.1, -0.05) is 49.2 Å². The molecule has 0 bridgehead atoms. The fourth-order valence-corrected chi connectivity index (χ4v) is 4.34. The maximum Gasteiger partial charge on any atom is 0.243 e. The predicted octanol–water partition coefficient (Wildman–Crippen LogP) is 6.59. The lowest BCUT2D eigenvalue weighted by molar-refractivity contribution is -0.141. The van der Waals surface area contributed by atoms with E-state index in [2.05, 4.69) is 5.32 Å². The Hall–Kier alpha value is -1.69. The van der Waals surface area contributed by atoms with Gasteiger partial charge in [-0.15, -0.1) is 11.8 Å². The minimum absolute atomic E-state index is 0.0113. The normalized spacial score (nSPS) is 12.8. The van der Waals surface area contributed by atoms with E-state index < -0.39 is 6.04 Å². The van der Waals surface area contributed by atoms with Gasteiger partial charge in [0.15, 0.2) is 0 Å². The van der Waals surface area contributed by atoms with Crippen LogP contribution in [0.2, 0.25) is 10.0 Å². The summed E-state index contributed by atoms with van der Waals surface area (Å²) in [6, 6.07) is 14.7. The second kappa shape index (κ2) is 13.8. The van der Waals surface area contributed by atoms with Gasteiger partial charge in [-0.3, -0.25) is 9.59 Å². The number of benzene rings is 2. The number of hydrogen-bond donors (Lipinski definition) is 1. The molecule has 1 N–H and O–H groups in total. The van der Waals surface area contributed by atoms with Crippen LogP contribution in [0.15, 0.2) is 53.4 Å². The van der Waals surface area contributed by atoms with E-state index in [-0.39, 0.29) is 17.9 Å². The summed E-state index contributed by atoms with van der Waals surface area (Å²) in [5.74, 6) is 0.709. The van der Waals surface area contributed by atoms with Gasteiger partial charge in [-0.25, -0.2) is 0 Å². The van der Waals surface area contributed by atoms with Crippen molar-refractivity contribution in [2.24, 2.45) is 0 Å². The van der Waals surface area contributed by atoms with Crippen molar-refractivity contribution in [1.29, 1.82) is 0 Å². The third-order valence-corrected chi connectivity index (χ3v) is 6.87. The molecule has 32 heavy (non-hydrogen) atoms. The van der Waals surface area contributed by atoms with Crippen LogP contribution in [0.4, 0.5) is 0 Å². The van der Waals surface area contributed by atoms with E-state index in [9.17, 15) is 9.59 Å². The summed E-state index contributed by atoms with van der Waals surface area (Å²) < 4.78 is 0. The first-order valence-corrected chi connectivity index (χ1v) is 12.8. The van der Waals surface area contributed by atoms with Gasteiger partial charge >= 0.3 is 0 Å². The highest BCUT2D eigenvalue weighted by atomic mass is 35.5. The molecule has 2 amide bonds. The van der Waals surface area contributed by atoms with E-state index >= 15 is 0 Å². The first-order chi connectivity index (χ1) is 15.3. The minimum atomic E-state index is -0.504. The van der Waals surface area contributed by atoms with Crippen LogP contribution in [0, 0.1) is 0 Å². The molecule has 7 heteroatoms. The molecule has 0 aromatic heterocycles. The summed E-state index contributed by atoms with van der Waals surface area (Å²) >= 11 is 13.6. The van der Waals surface area contributed by atoms with Crippen molar-refractivity contribution >= 4 is 46.8 Å². The van der Waals surface area contributed by atoms with Crippen molar-refractivity contribution in [1.82, 2.24) is 10.2 Å². The van der Waals surface area contributed by atoms with Crippen LogP contribution >= 0.6 is 35.0 Å². The summed E-state index contributed by atoms with van der Waals surface area (Å²) in [5.41, 5.74) is 0.952. The molecule has 0 aliphatic carbocycles. The molecule has 0 saturated carbocycles. The first-order valence-electron chi connectivity index (χ1n) is 11.1. The van der Waals surface area contributed by atoms with Gasteiger partial charge in [-0.05, 0) is 73.9 Å². The number of nitrogens with one attached hydrogen (secondary N) is 1. The number of carbonyl (C=O) groups excluding carboxylic acids is 2. The van der Waals surface area contributed by atoms with E-state index in [0.717, 1.165) is 29.1 Å². The minimum Gasteiger partial charge on any atom is -0.352 e. The lowest BCUT2D eigenvalue weighted by atomic mass is 10.1. The zero-order valence-electron chi connectivity index (χ0n) is 18.9. The summed E-state index contributed by atoms with van der Waals surface area (Å²) in [5, 5.41) is 4.39. The average Bonchev–Trinajstić information content (AvgIpc) is 2.78. The molecule has 4 nitrogen and oxygen atoms in total. The number of nitrogens with zero attached hydrogens (tertiary/aromatic N) is 1. The summed E-state index contributed by atoms with van der Waals surface area (Å²) in [6.45, 7) is 6.33. The van der Waals surface area contributed by atoms with Gasteiger partial charge in [0, 0.05) is 33.9 Å². The molecule has 0 fully saturated rings. The van der Waals surface area contributed by atoms with Gasteiger partial charge in [0.05, 0.1) is 0 Å². The Bertz CT molecular complexity index is 859. The largest absolute Gasteiger partial charge is 0.352 e. The molecule has 0 unspecified atom stereocenters. The smallest absolute Gasteiger partial charge is 0.243 e. The number of amides is 2. The number of halogens is 2. The first kappa shape index (κ1) is 26.6. The molecular weight excluding hydrogens is 463 g/mol. The van der Waals surface area contributed by atoms with Crippen LogP contribution in [0.5, 0.6) is 0 Å². The van der Waals surface area contributed by atoms with Gasteiger partial charge in [0.1, 0.15) is 6.04 Å². The van der Waals surface area contributed by atoms with E-state index in [1.165, 1.54) is 0 Å². The topological polar surface area (TPSA) is 49.4 Å². The molecule has 0 heterocycles. The molecule has 2 aromatic rings. The highest BCUT2D eigenvalue weighted by Gasteiger charge is 2.28. The maximum atomic E-state index is 13.2. The highest BCUT2D eigenvalue weighted by Crippen LogP contribution is 2.22. The van der Waals surface area contributed by atoms with Crippen molar-refractivity contribution in [3.05, 3.63) is 64.1 Å². The Balaban J connectivity index is 2.05. The average molecular weight is 496 g/mol. The molecule has 0 spiro atoms. The van der Waals surface area contributed by atoms with Crippen molar-refractivity contribution < 1.29 is 9.59 Å². The molecule has 0 radical (unpaired) electrons. The molecule has 0 aliphatic heterocycles. The van der Waals surface area contributed by atoms with Gasteiger partial charge in [0.25, 0.3) is 0 Å². The van der Waals surface area contributed by atoms with Crippen LogP contribution in [-0.2, 0) is 16.1 Å². The zero-order chi connectivity index (χ0) is 23.5.